The van der Waals surface area contributed by atoms with Crippen LogP contribution in [-0.2, 0) is 4.79 Å². The second kappa shape index (κ2) is 3.56. The van der Waals surface area contributed by atoms with Gasteiger partial charge in [-0.25, -0.2) is 0 Å². The SMILES string of the molecule is COc1coc(OC=O)cc1=O. The van der Waals surface area contributed by atoms with Crippen LogP contribution in [0.25, 0.3) is 0 Å². The summed E-state index contributed by atoms with van der Waals surface area (Å²) in [4.78, 5) is 20.8. The summed E-state index contributed by atoms with van der Waals surface area (Å²) in [6.45, 7) is 0.171. The van der Waals surface area contributed by atoms with E-state index in [1.165, 1.54) is 7.11 Å². The molecule has 0 amide bonds. The molecule has 0 aliphatic carbocycles. The Bertz CT molecular complexity index is 327. The number of ether oxygens (including phenoxy) is 2. The predicted octanol–water partition coefficient (Wildman–Crippen LogP) is 0.184. The van der Waals surface area contributed by atoms with Gasteiger partial charge < -0.3 is 13.9 Å². The zero-order valence-electron chi connectivity index (χ0n) is 6.27. The molecule has 0 fully saturated rings. The summed E-state index contributed by atoms with van der Waals surface area (Å²) < 4.78 is 13.6. The van der Waals surface area contributed by atoms with Gasteiger partial charge in [0.15, 0.2) is 0 Å². The normalized spacial score (nSPS) is 9.08. The monoisotopic (exact) mass is 170 g/mol. The van der Waals surface area contributed by atoms with Gasteiger partial charge in [0, 0.05) is 0 Å². The molecule has 5 heteroatoms. The van der Waals surface area contributed by atoms with Gasteiger partial charge >= 0.3 is 6.47 Å². The van der Waals surface area contributed by atoms with Crippen LogP contribution >= 0.6 is 0 Å². The Morgan fingerprint density at radius 1 is 1.58 bits per heavy atom. The molecule has 0 spiro atoms. The lowest BCUT2D eigenvalue weighted by molar-refractivity contribution is -0.121. The van der Waals surface area contributed by atoms with Gasteiger partial charge in [0.25, 0.3) is 5.95 Å². The Morgan fingerprint density at radius 2 is 2.33 bits per heavy atom. The van der Waals surface area contributed by atoms with Crippen LogP contribution in [0, 0.1) is 0 Å². The first kappa shape index (κ1) is 8.32. The van der Waals surface area contributed by atoms with Crippen LogP contribution in [0.2, 0.25) is 0 Å². The summed E-state index contributed by atoms with van der Waals surface area (Å²) in [6, 6.07) is 1.02. The first-order valence-corrected chi connectivity index (χ1v) is 3.05. The van der Waals surface area contributed by atoms with Gasteiger partial charge in [-0.2, -0.15) is 0 Å². The molecule has 0 saturated carbocycles. The molecule has 0 radical (unpaired) electrons. The fourth-order valence-corrected chi connectivity index (χ4v) is 0.640. The fourth-order valence-electron chi connectivity index (χ4n) is 0.640. The van der Waals surface area contributed by atoms with E-state index in [2.05, 4.69) is 9.47 Å². The van der Waals surface area contributed by atoms with Crippen LogP contribution in [0.5, 0.6) is 11.7 Å². The second-order valence-electron chi connectivity index (χ2n) is 1.85. The van der Waals surface area contributed by atoms with Gasteiger partial charge in [0.05, 0.1) is 13.2 Å². The molecule has 0 N–H and O–H groups in total. The van der Waals surface area contributed by atoms with Crippen molar-refractivity contribution in [1.29, 1.82) is 0 Å². The number of carbonyl (C=O) groups is 1. The lowest BCUT2D eigenvalue weighted by Crippen LogP contribution is -2.04. The van der Waals surface area contributed by atoms with E-state index in [0.29, 0.717) is 0 Å². The van der Waals surface area contributed by atoms with Crippen LogP contribution in [0.3, 0.4) is 0 Å². The van der Waals surface area contributed by atoms with Gasteiger partial charge in [0.1, 0.15) is 6.26 Å². The Labute approximate surface area is 67.5 Å². The maximum absolute atomic E-state index is 11.0. The number of hydrogen-bond donors (Lipinski definition) is 0. The van der Waals surface area contributed by atoms with Crippen LogP contribution < -0.4 is 14.9 Å². The van der Waals surface area contributed by atoms with Gasteiger partial charge in [-0.3, -0.25) is 9.59 Å². The highest BCUT2D eigenvalue weighted by Crippen LogP contribution is 2.10. The molecule has 0 unspecified atom stereocenters. The number of rotatable bonds is 3. The van der Waals surface area contributed by atoms with E-state index in [1.807, 2.05) is 0 Å². The van der Waals surface area contributed by atoms with Crippen molar-refractivity contribution in [1.82, 2.24) is 0 Å². The van der Waals surface area contributed by atoms with E-state index in [-0.39, 0.29) is 18.2 Å². The molecule has 1 heterocycles. The first-order chi connectivity index (χ1) is 5.77. The number of carbonyl (C=O) groups excluding carboxylic acids is 1. The van der Waals surface area contributed by atoms with Crippen molar-refractivity contribution in [2.75, 3.05) is 7.11 Å². The molecular weight excluding hydrogens is 164 g/mol. The largest absolute Gasteiger partial charge is 0.490 e. The molecule has 5 nitrogen and oxygen atoms in total. The molecule has 0 aromatic carbocycles. The van der Waals surface area contributed by atoms with Crippen molar-refractivity contribution >= 4 is 6.47 Å². The Kier molecular flexibility index (Phi) is 2.47. The molecule has 0 bridgehead atoms. The average Bonchev–Trinajstić information content (AvgIpc) is 2.05. The molecule has 1 aromatic heterocycles. The first-order valence-electron chi connectivity index (χ1n) is 3.05. The van der Waals surface area contributed by atoms with E-state index in [9.17, 15) is 9.59 Å². The van der Waals surface area contributed by atoms with Crippen molar-refractivity contribution < 1.29 is 18.7 Å². The summed E-state index contributed by atoms with van der Waals surface area (Å²) in [5.41, 5.74) is -0.402. The van der Waals surface area contributed by atoms with Crippen LogP contribution in [0.4, 0.5) is 0 Å². The Morgan fingerprint density at radius 3 is 2.83 bits per heavy atom. The second-order valence-corrected chi connectivity index (χ2v) is 1.85. The zero-order chi connectivity index (χ0) is 8.97. The van der Waals surface area contributed by atoms with Gasteiger partial charge in [0.2, 0.25) is 11.2 Å². The van der Waals surface area contributed by atoms with E-state index in [1.54, 1.807) is 0 Å². The fraction of sp³-hybridized carbons (Fsp3) is 0.143. The minimum Gasteiger partial charge on any atom is -0.490 e. The number of methoxy groups -OCH3 is 1. The summed E-state index contributed by atoms with van der Waals surface area (Å²) in [5.74, 6) is -0.0935. The molecule has 1 aromatic rings. The smallest absolute Gasteiger partial charge is 0.300 e. The van der Waals surface area contributed by atoms with Gasteiger partial charge in [-0.05, 0) is 0 Å². The van der Waals surface area contributed by atoms with Crippen molar-refractivity contribution in [3.05, 3.63) is 22.6 Å². The maximum atomic E-state index is 11.0. The zero-order valence-corrected chi connectivity index (χ0v) is 6.27. The van der Waals surface area contributed by atoms with E-state index >= 15 is 0 Å². The topological polar surface area (TPSA) is 65.7 Å². The highest BCUT2D eigenvalue weighted by Gasteiger charge is 2.02. The molecule has 0 aliphatic heterocycles. The van der Waals surface area contributed by atoms with Crippen LogP contribution in [0.1, 0.15) is 0 Å². The third kappa shape index (κ3) is 1.63. The van der Waals surface area contributed by atoms with E-state index in [4.69, 9.17) is 4.42 Å². The lowest BCUT2D eigenvalue weighted by atomic mass is 10.5. The number of hydrogen-bond acceptors (Lipinski definition) is 5. The quantitative estimate of drug-likeness (QED) is 0.605. The van der Waals surface area contributed by atoms with Crippen molar-refractivity contribution in [3.8, 4) is 11.7 Å². The molecule has 1 rings (SSSR count). The summed E-state index contributed by atoms with van der Waals surface area (Å²) >= 11 is 0. The standard InChI is InChI=1S/C7H6O5/c1-10-6-3-11-7(12-4-8)2-5(6)9/h2-4H,1H3. The van der Waals surface area contributed by atoms with Gasteiger partial charge in [-0.1, -0.05) is 0 Å². The van der Waals surface area contributed by atoms with Crippen molar-refractivity contribution in [2.24, 2.45) is 0 Å². The Hall–Kier alpha value is -1.78. The summed E-state index contributed by atoms with van der Waals surface area (Å²) in [7, 11) is 1.34. The van der Waals surface area contributed by atoms with Crippen molar-refractivity contribution in [2.45, 2.75) is 0 Å². The molecule has 0 saturated heterocycles. The van der Waals surface area contributed by atoms with Crippen LogP contribution in [0.15, 0.2) is 21.5 Å². The summed E-state index contributed by atoms with van der Waals surface area (Å²) in [6.07, 6.45) is 1.07. The minimum absolute atomic E-state index is 0.0632. The lowest BCUT2D eigenvalue weighted by Gasteiger charge is -1.97. The van der Waals surface area contributed by atoms with Crippen molar-refractivity contribution in [3.63, 3.8) is 0 Å². The highest BCUT2D eigenvalue weighted by molar-refractivity contribution is 5.42. The third-order valence-electron chi connectivity index (χ3n) is 1.16. The molecule has 0 atom stereocenters. The van der Waals surface area contributed by atoms with Crippen LogP contribution in [-0.4, -0.2) is 13.6 Å². The van der Waals surface area contributed by atoms with Gasteiger partial charge in [-0.15, -0.1) is 0 Å². The third-order valence-corrected chi connectivity index (χ3v) is 1.16. The molecule has 12 heavy (non-hydrogen) atoms. The molecule has 0 aliphatic rings. The average molecular weight is 170 g/mol. The predicted molar refractivity (Wildman–Crippen MR) is 38.2 cm³/mol. The summed E-state index contributed by atoms with van der Waals surface area (Å²) in [5, 5.41) is 0. The highest BCUT2D eigenvalue weighted by atomic mass is 16.6. The van der Waals surface area contributed by atoms with E-state index in [0.717, 1.165) is 12.3 Å². The minimum atomic E-state index is -0.402. The van der Waals surface area contributed by atoms with E-state index < -0.39 is 5.43 Å². The molecule has 64 valence electrons. The maximum Gasteiger partial charge on any atom is 0.300 e. The Balaban J connectivity index is 3.01. The molecular formula is C7H6O5.